The van der Waals surface area contributed by atoms with Crippen LogP contribution >= 0.6 is 0 Å². The molecule has 0 aliphatic heterocycles. The predicted octanol–water partition coefficient (Wildman–Crippen LogP) is 4.50. The third-order valence-corrected chi connectivity index (χ3v) is 6.26. The van der Waals surface area contributed by atoms with Crippen LogP contribution in [0, 0.1) is 0 Å². The number of ether oxygens (including phenoxy) is 5. The standard InChI is InChI=1S/C30H32O8/c1-5-24(31)18-36-25-12-6-21(7-13-25)30(2,22-8-14-26(15-9-22)37-19-28(32)34-3)23-10-16-27(17-11-23)38-20-29(33)35-4/h6-17H,5,18-20H2,1-4H3. The van der Waals surface area contributed by atoms with Crippen molar-refractivity contribution in [3.63, 3.8) is 0 Å². The maximum Gasteiger partial charge on any atom is 0.343 e. The maximum absolute atomic E-state index is 11.6. The van der Waals surface area contributed by atoms with E-state index < -0.39 is 17.4 Å². The molecule has 0 fully saturated rings. The SMILES string of the molecule is CCC(=O)COc1ccc(C(C)(c2ccc(OCC(=O)OC)cc2)c2ccc(OCC(=O)OC)cc2)cc1. The molecule has 0 bridgehead atoms. The molecule has 200 valence electrons. The highest BCUT2D eigenvalue weighted by Gasteiger charge is 2.31. The zero-order chi connectivity index (χ0) is 27.5. The van der Waals surface area contributed by atoms with Crippen molar-refractivity contribution < 1.29 is 38.1 Å². The molecule has 3 aromatic carbocycles. The van der Waals surface area contributed by atoms with E-state index >= 15 is 0 Å². The minimum atomic E-state index is -0.598. The van der Waals surface area contributed by atoms with Gasteiger partial charge >= 0.3 is 11.9 Å². The zero-order valence-corrected chi connectivity index (χ0v) is 22.0. The quantitative estimate of drug-likeness (QED) is 0.240. The van der Waals surface area contributed by atoms with Crippen LogP contribution in [0.3, 0.4) is 0 Å². The van der Waals surface area contributed by atoms with Gasteiger partial charge in [-0.1, -0.05) is 43.3 Å². The van der Waals surface area contributed by atoms with Crippen molar-refractivity contribution in [3.8, 4) is 17.2 Å². The highest BCUT2D eigenvalue weighted by molar-refractivity contribution is 5.79. The van der Waals surface area contributed by atoms with E-state index in [0.29, 0.717) is 23.7 Å². The summed E-state index contributed by atoms with van der Waals surface area (Å²) >= 11 is 0. The van der Waals surface area contributed by atoms with Gasteiger partial charge in [0.1, 0.15) is 23.9 Å². The molecule has 38 heavy (non-hydrogen) atoms. The van der Waals surface area contributed by atoms with Crippen LogP contribution in [-0.4, -0.2) is 51.8 Å². The lowest BCUT2D eigenvalue weighted by molar-refractivity contribution is -0.143. The van der Waals surface area contributed by atoms with Crippen molar-refractivity contribution in [1.29, 1.82) is 0 Å². The average Bonchev–Trinajstić information content (AvgIpc) is 2.97. The van der Waals surface area contributed by atoms with Crippen molar-refractivity contribution in [2.24, 2.45) is 0 Å². The number of esters is 2. The summed E-state index contributed by atoms with van der Waals surface area (Å²) in [6, 6.07) is 22.6. The Bertz CT molecular complexity index is 1060. The summed E-state index contributed by atoms with van der Waals surface area (Å²) in [7, 11) is 2.62. The fraction of sp³-hybridized carbons (Fsp3) is 0.300. The van der Waals surface area contributed by atoms with Crippen LogP contribution in [0.25, 0.3) is 0 Å². The lowest BCUT2D eigenvalue weighted by Gasteiger charge is -2.32. The van der Waals surface area contributed by atoms with Gasteiger partial charge in [0.2, 0.25) is 0 Å². The van der Waals surface area contributed by atoms with E-state index in [9.17, 15) is 14.4 Å². The Hall–Kier alpha value is -4.33. The van der Waals surface area contributed by atoms with Gasteiger partial charge < -0.3 is 23.7 Å². The van der Waals surface area contributed by atoms with Gasteiger partial charge in [-0.05, 0) is 60.0 Å². The summed E-state index contributed by atoms with van der Waals surface area (Å²) in [4.78, 5) is 34.5. The first-order valence-electron chi connectivity index (χ1n) is 12.2. The van der Waals surface area contributed by atoms with Crippen LogP contribution in [0.1, 0.15) is 37.0 Å². The van der Waals surface area contributed by atoms with Crippen molar-refractivity contribution in [3.05, 3.63) is 89.5 Å². The molecule has 0 saturated heterocycles. The molecule has 0 radical (unpaired) electrons. The lowest BCUT2D eigenvalue weighted by Crippen LogP contribution is -2.25. The van der Waals surface area contributed by atoms with Crippen molar-refractivity contribution in [2.45, 2.75) is 25.7 Å². The van der Waals surface area contributed by atoms with E-state index in [1.165, 1.54) is 14.2 Å². The van der Waals surface area contributed by atoms with E-state index in [2.05, 4.69) is 16.4 Å². The largest absolute Gasteiger partial charge is 0.486 e. The van der Waals surface area contributed by atoms with Crippen molar-refractivity contribution >= 4 is 17.7 Å². The molecule has 0 atom stereocenters. The number of hydrogen-bond acceptors (Lipinski definition) is 8. The molecule has 0 unspecified atom stereocenters. The number of benzene rings is 3. The Morgan fingerprint density at radius 1 is 0.579 bits per heavy atom. The predicted molar refractivity (Wildman–Crippen MR) is 141 cm³/mol. The minimum absolute atomic E-state index is 0.0305. The first kappa shape index (κ1) is 28.2. The van der Waals surface area contributed by atoms with Crippen molar-refractivity contribution in [2.75, 3.05) is 34.0 Å². The summed E-state index contributed by atoms with van der Waals surface area (Å²) in [6.45, 7) is 3.58. The summed E-state index contributed by atoms with van der Waals surface area (Å²) in [5.74, 6) is 0.793. The molecular weight excluding hydrogens is 488 g/mol. The Balaban J connectivity index is 1.93. The third-order valence-electron chi connectivity index (χ3n) is 6.26. The van der Waals surface area contributed by atoms with Gasteiger partial charge in [-0.15, -0.1) is 0 Å². The molecule has 0 aromatic heterocycles. The van der Waals surface area contributed by atoms with E-state index in [4.69, 9.17) is 14.2 Å². The Labute approximate surface area is 222 Å². The highest BCUT2D eigenvalue weighted by Crippen LogP contribution is 2.40. The molecule has 0 spiro atoms. The van der Waals surface area contributed by atoms with Crippen LogP contribution in [-0.2, 0) is 29.3 Å². The second-order valence-corrected chi connectivity index (χ2v) is 8.61. The number of Topliss-reactive ketones (excluding diaryl/α,β-unsaturated/α-hetero) is 1. The minimum Gasteiger partial charge on any atom is -0.486 e. The van der Waals surface area contributed by atoms with Gasteiger partial charge in [0.25, 0.3) is 0 Å². The maximum atomic E-state index is 11.6. The van der Waals surface area contributed by atoms with Gasteiger partial charge in [-0.3, -0.25) is 4.79 Å². The number of ketones is 1. The number of methoxy groups -OCH3 is 2. The molecule has 0 aliphatic rings. The molecule has 0 heterocycles. The Morgan fingerprint density at radius 2 is 0.895 bits per heavy atom. The topological polar surface area (TPSA) is 97.4 Å². The average molecular weight is 521 g/mol. The van der Waals surface area contributed by atoms with Crippen LogP contribution in [0.5, 0.6) is 17.2 Å². The number of rotatable bonds is 13. The lowest BCUT2D eigenvalue weighted by atomic mass is 9.71. The van der Waals surface area contributed by atoms with E-state index in [1.54, 1.807) is 31.2 Å². The Kier molecular flexibility index (Phi) is 9.87. The fourth-order valence-electron chi connectivity index (χ4n) is 3.82. The summed E-state index contributed by atoms with van der Waals surface area (Å²) in [5.41, 5.74) is 2.33. The monoisotopic (exact) mass is 520 g/mol. The molecular formula is C30H32O8. The molecule has 0 saturated carbocycles. The van der Waals surface area contributed by atoms with Crippen LogP contribution in [0.2, 0.25) is 0 Å². The molecule has 3 aromatic rings. The molecule has 0 N–H and O–H groups in total. The van der Waals surface area contributed by atoms with Gasteiger partial charge in [0.15, 0.2) is 19.0 Å². The van der Waals surface area contributed by atoms with Gasteiger partial charge in [-0.25, -0.2) is 9.59 Å². The van der Waals surface area contributed by atoms with E-state index in [1.807, 2.05) is 48.5 Å². The first-order valence-corrected chi connectivity index (χ1v) is 12.2. The molecule has 8 nitrogen and oxygen atoms in total. The number of carbonyl (C=O) groups is 3. The second-order valence-electron chi connectivity index (χ2n) is 8.61. The molecule has 8 heteroatoms. The number of hydrogen-bond donors (Lipinski definition) is 0. The fourth-order valence-corrected chi connectivity index (χ4v) is 3.82. The molecule has 0 aliphatic carbocycles. The summed E-state index contributed by atoms with van der Waals surface area (Å²) < 4.78 is 25.9. The smallest absolute Gasteiger partial charge is 0.343 e. The first-order chi connectivity index (χ1) is 18.3. The van der Waals surface area contributed by atoms with E-state index in [0.717, 1.165) is 16.7 Å². The zero-order valence-electron chi connectivity index (χ0n) is 22.0. The summed E-state index contributed by atoms with van der Waals surface area (Å²) in [5, 5.41) is 0. The van der Waals surface area contributed by atoms with Gasteiger partial charge in [0.05, 0.1) is 14.2 Å². The Morgan fingerprint density at radius 3 is 1.18 bits per heavy atom. The second kappa shape index (κ2) is 13.3. The van der Waals surface area contributed by atoms with Gasteiger partial charge in [-0.2, -0.15) is 0 Å². The molecule has 0 amide bonds. The normalized spacial score (nSPS) is 10.8. The van der Waals surface area contributed by atoms with E-state index in [-0.39, 0.29) is 25.6 Å². The summed E-state index contributed by atoms with van der Waals surface area (Å²) in [6.07, 6.45) is 0.425. The van der Waals surface area contributed by atoms with Crippen LogP contribution < -0.4 is 14.2 Å². The van der Waals surface area contributed by atoms with Crippen LogP contribution in [0.4, 0.5) is 0 Å². The third kappa shape index (κ3) is 7.12. The highest BCUT2D eigenvalue weighted by atomic mass is 16.6. The molecule has 3 rings (SSSR count). The van der Waals surface area contributed by atoms with Crippen LogP contribution in [0.15, 0.2) is 72.8 Å². The number of carbonyl (C=O) groups excluding carboxylic acids is 3. The van der Waals surface area contributed by atoms with Crippen molar-refractivity contribution in [1.82, 2.24) is 0 Å². The van der Waals surface area contributed by atoms with Gasteiger partial charge in [0, 0.05) is 11.8 Å².